The van der Waals surface area contributed by atoms with Crippen molar-refractivity contribution >= 4 is 17.3 Å². The Morgan fingerprint density at radius 1 is 1.38 bits per heavy atom. The van der Waals surface area contributed by atoms with Crippen molar-refractivity contribution in [2.24, 2.45) is 0 Å². The van der Waals surface area contributed by atoms with Gasteiger partial charge < -0.3 is 10.0 Å². The Hall–Kier alpha value is -2.15. The van der Waals surface area contributed by atoms with Crippen molar-refractivity contribution in [1.29, 1.82) is 0 Å². The molecule has 21 heavy (non-hydrogen) atoms. The van der Waals surface area contributed by atoms with E-state index in [1.807, 2.05) is 7.05 Å². The number of hydrogen-bond donors (Lipinski definition) is 1. The van der Waals surface area contributed by atoms with Crippen LogP contribution in [0.5, 0.6) is 0 Å². The molecule has 2 rings (SSSR count). The van der Waals surface area contributed by atoms with Gasteiger partial charge >= 0.3 is 5.97 Å². The number of hydrogen-bond acceptors (Lipinski definition) is 5. The van der Waals surface area contributed by atoms with Gasteiger partial charge in [-0.15, -0.1) is 0 Å². The summed E-state index contributed by atoms with van der Waals surface area (Å²) >= 11 is 0. The van der Waals surface area contributed by atoms with Crippen LogP contribution in [0.3, 0.4) is 0 Å². The van der Waals surface area contributed by atoms with Crippen LogP contribution in [0, 0.1) is 10.1 Å². The molecule has 0 atom stereocenters. The van der Waals surface area contributed by atoms with E-state index >= 15 is 0 Å². The fraction of sp³-hybridized carbons (Fsp3) is 0.500. The van der Waals surface area contributed by atoms with Crippen molar-refractivity contribution < 1.29 is 14.8 Å². The number of aromatic carboxylic acids is 1. The van der Waals surface area contributed by atoms with E-state index in [0.29, 0.717) is 5.69 Å². The lowest BCUT2D eigenvalue weighted by Crippen LogP contribution is -2.57. The summed E-state index contributed by atoms with van der Waals surface area (Å²) in [5.74, 6) is -1.29. The highest BCUT2D eigenvalue weighted by atomic mass is 16.6. The number of piperazine rings is 1. The molecule has 0 bridgehead atoms. The van der Waals surface area contributed by atoms with Crippen molar-refractivity contribution in [3.8, 4) is 0 Å². The van der Waals surface area contributed by atoms with Crippen LogP contribution in [0.15, 0.2) is 18.2 Å². The summed E-state index contributed by atoms with van der Waals surface area (Å²) in [5, 5.41) is 20.1. The van der Waals surface area contributed by atoms with E-state index in [2.05, 4.69) is 23.6 Å². The molecule has 0 radical (unpaired) electrons. The Balaban J connectivity index is 2.35. The first-order valence-corrected chi connectivity index (χ1v) is 6.70. The molecule has 0 unspecified atom stereocenters. The molecule has 0 amide bonds. The molecular formula is C14H19N3O4. The Morgan fingerprint density at radius 2 is 2.05 bits per heavy atom. The zero-order chi connectivity index (χ0) is 15.8. The van der Waals surface area contributed by atoms with E-state index < -0.39 is 10.9 Å². The lowest BCUT2D eigenvalue weighted by Gasteiger charge is -2.46. The number of rotatable bonds is 3. The first kappa shape index (κ1) is 15.2. The third-order valence-corrected chi connectivity index (χ3v) is 4.09. The van der Waals surface area contributed by atoms with Crippen LogP contribution in [0.25, 0.3) is 0 Å². The monoisotopic (exact) mass is 293 g/mol. The summed E-state index contributed by atoms with van der Waals surface area (Å²) in [5.41, 5.74) is 0.000129. The molecule has 114 valence electrons. The van der Waals surface area contributed by atoms with Crippen LogP contribution in [-0.2, 0) is 0 Å². The van der Waals surface area contributed by atoms with E-state index in [1.165, 1.54) is 12.1 Å². The SMILES string of the molecule is CN1CCN(c2ccc(C(=O)O)c([N+](=O)[O-])c2)CC1(C)C. The van der Waals surface area contributed by atoms with Gasteiger partial charge in [-0.1, -0.05) is 0 Å². The molecule has 1 aliphatic rings. The fourth-order valence-electron chi connectivity index (χ4n) is 2.51. The van der Waals surface area contributed by atoms with Crippen molar-refractivity contribution in [2.45, 2.75) is 19.4 Å². The van der Waals surface area contributed by atoms with Gasteiger partial charge in [-0.25, -0.2) is 4.79 Å². The first-order chi connectivity index (χ1) is 9.72. The average Bonchev–Trinajstić information content (AvgIpc) is 2.41. The van der Waals surface area contributed by atoms with Crippen LogP contribution in [0.2, 0.25) is 0 Å². The number of carboxylic acid groups (broad SMARTS) is 1. The van der Waals surface area contributed by atoms with Gasteiger partial charge in [0.2, 0.25) is 0 Å². The topological polar surface area (TPSA) is 86.9 Å². The Labute approximate surface area is 122 Å². The second-order valence-corrected chi connectivity index (χ2v) is 5.92. The van der Waals surface area contributed by atoms with Crippen LogP contribution >= 0.6 is 0 Å². The number of nitro groups is 1. The average molecular weight is 293 g/mol. The van der Waals surface area contributed by atoms with Crippen LogP contribution in [-0.4, -0.2) is 53.1 Å². The maximum absolute atomic E-state index is 11.1. The summed E-state index contributed by atoms with van der Waals surface area (Å²) < 4.78 is 0. The quantitative estimate of drug-likeness (QED) is 0.675. The lowest BCUT2D eigenvalue weighted by atomic mass is 9.99. The maximum Gasteiger partial charge on any atom is 0.342 e. The largest absolute Gasteiger partial charge is 0.477 e. The molecule has 1 aromatic rings. The van der Waals surface area contributed by atoms with Crippen LogP contribution in [0.1, 0.15) is 24.2 Å². The maximum atomic E-state index is 11.1. The highest BCUT2D eigenvalue weighted by Crippen LogP contribution is 2.29. The van der Waals surface area contributed by atoms with Gasteiger partial charge in [0, 0.05) is 36.9 Å². The standard InChI is InChI=1S/C14H19N3O4/c1-14(2)9-16(7-6-15(14)3)10-4-5-11(13(18)19)12(8-10)17(20)21/h4-5,8H,6-7,9H2,1-3H3,(H,18,19). The number of likely N-dealkylation sites (N-methyl/N-ethyl adjacent to an activating group) is 1. The number of benzene rings is 1. The molecular weight excluding hydrogens is 274 g/mol. The first-order valence-electron chi connectivity index (χ1n) is 6.70. The van der Waals surface area contributed by atoms with Crippen molar-refractivity contribution in [2.75, 3.05) is 31.6 Å². The van der Waals surface area contributed by atoms with E-state index in [0.717, 1.165) is 19.6 Å². The number of nitrogens with zero attached hydrogens (tertiary/aromatic N) is 3. The molecule has 0 aromatic heterocycles. The highest BCUT2D eigenvalue weighted by molar-refractivity contribution is 5.93. The lowest BCUT2D eigenvalue weighted by molar-refractivity contribution is -0.385. The molecule has 1 heterocycles. The summed E-state index contributed by atoms with van der Waals surface area (Å²) in [4.78, 5) is 25.7. The molecule has 1 aliphatic heterocycles. The number of carboxylic acids is 1. The predicted octanol–water partition coefficient (Wildman–Crippen LogP) is 1.82. The smallest absolute Gasteiger partial charge is 0.342 e. The molecule has 1 saturated heterocycles. The second kappa shape index (κ2) is 5.33. The van der Waals surface area contributed by atoms with Crippen molar-refractivity contribution in [1.82, 2.24) is 4.90 Å². The molecule has 1 N–H and O–H groups in total. The summed E-state index contributed by atoms with van der Waals surface area (Å²) in [6.07, 6.45) is 0. The third-order valence-electron chi connectivity index (χ3n) is 4.09. The molecule has 0 spiro atoms. The van der Waals surface area contributed by atoms with Crippen LogP contribution in [0.4, 0.5) is 11.4 Å². The normalized spacial score (nSPS) is 18.5. The van der Waals surface area contributed by atoms with Crippen molar-refractivity contribution in [3.05, 3.63) is 33.9 Å². The Bertz CT molecular complexity index is 586. The van der Waals surface area contributed by atoms with E-state index in [9.17, 15) is 14.9 Å². The van der Waals surface area contributed by atoms with Crippen LogP contribution < -0.4 is 4.90 Å². The van der Waals surface area contributed by atoms with Gasteiger partial charge in [0.05, 0.1) is 4.92 Å². The second-order valence-electron chi connectivity index (χ2n) is 5.92. The minimum absolute atomic E-state index is 0.0432. The fourth-order valence-corrected chi connectivity index (χ4v) is 2.51. The van der Waals surface area contributed by atoms with Gasteiger partial charge in [-0.05, 0) is 33.0 Å². The molecule has 7 nitrogen and oxygen atoms in total. The molecule has 7 heteroatoms. The predicted molar refractivity (Wildman–Crippen MR) is 79.0 cm³/mol. The van der Waals surface area contributed by atoms with E-state index in [1.54, 1.807) is 6.07 Å². The number of anilines is 1. The minimum atomic E-state index is -1.29. The van der Waals surface area contributed by atoms with Gasteiger partial charge in [0.15, 0.2) is 0 Å². The number of carbonyl (C=O) groups is 1. The van der Waals surface area contributed by atoms with Gasteiger partial charge in [-0.3, -0.25) is 15.0 Å². The molecule has 1 aromatic carbocycles. The Morgan fingerprint density at radius 3 is 2.57 bits per heavy atom. The molecule has 0 aliphatic carbocycles. The molecule has 1 fully saturated rings. The summed E-state index contributed by atoms with van der Waals surface area (Å²) in [7, 11) is 2.05. The van der Waals surface area contributed by atoms with Gasteiger partial charge in [-0.2, -0.15) is 0 Å². The number of nitro benzene ring substituents is 1. The zero-order valence-electron chi connectivity index (χ0n) is 12.4. The Kier molecular flexibility index (Phi) is 3.87. The minimum Gasteiger partial charge on any atom is -0.477 e. The van der Waals surface area contributed by atoms with Gasteiger partial charge in [0.25, 0.3) is 5.69 Å². The van der Waals surface area contributed by atoms with E-state index in [4.69, 9.17) is 5.11 Å². The molecule has 0 saturated carbocycles. The van der Waals surface area contributed by atoms with Gasteiger partial charge in [0.1, 0.15) is 5.56 Å². The summed E-state index contributed by atoms with van der Waals surface area (Å²) in [6, 6.07) is 4.30. The van der Waals surface area contributed by atoms with Crippen molar-refractivity contribution in [3.63, 3.8) is 0 Å². The highest BCUT2D eigenvalue weighted by Gasteiger charge is 2.32. The third kappa shape index (κ3) is 2.97. The van der Waals surface area contributed by atoms with E-state index in [-0.39, 0.29) is 16.8 Å². The zero-order valence-corrected chi connectivity index (χ0v) is 12.4. The summed E-state index contributed by atoms with van der Waals surface area (Å²) in [6.45, 7) is 6.55.